The summed E-state index contributed by atoms with van der Waals surface area (Å²) in [5, 5.41) is 2.53. The van der Waals surface area contributed by atoms with Crippen LogP contribution in [0.1, 0.15) is 0 Å². The van der Waals surface area contributed by atoms with Crippen molar-refractivity contribution in [3.63, 3.8) is 0 Å². The van der Waals surface area contributed by atoms with Crippen LogP contribution in [0.15, 0.2) is 42.7 Å². The highest BCUT2D eigenvalue weighted by molar-refractivity contribution is 5.84. The van der Waals surface area contributed by atoms with Crippen LogP contribution in [0.3, 0.4) is 0 Å². The lowest BCUT2D eigenvalue weighted by Gasteiger charge is -2.05. The van der Waals surface area contributed by atoms with Crippen LogP contribution in [0.5, 0.6) is 5.75 Å². The lowest BCUT2D eigenvalue weighted by Crippen LogP contribution is -2.18. The number of hydrogen-bond acceptors (Lipinski definition) is 3. The number of rotatable bonds is 2. The molecule has 0 unspecified atom stereocenters. The van der Waals surface area contributed by atoms with E-state index in [2.05, 4.69) is 10.3 Å². The summed E-state index contributed by atoms with van der Waals surface area (Å²) < 4.78 is 6.73. The van der Waals surface area contributed by atoms with Crippen molar-refractivity contribution in [3.8, 4) is 5.75 Å². The molecular weight excluding hydrogens is 206 g/mol. The first-order valence-corrected chi connectivity index (χ1v) is 4.77. The maximum Gasteiger partial charge on any atom is 0.419 e. The normalized spacial score (nSPS) is 9.81. The minimum Gasteiger partial charge on any atom is -0.410 e. The van der Waals surface area contributed by atoms with Crippen LogP contribution in [0.25, 0.3) is 0 Å². The number of para-hydroxylation sites is 1. The number of carbonyl (C=O) groups excluding carboxylic acids is 1. The van der Waals surface area contributed by atoms with Crippen LogP contribution in [-0.2, 0) is 7.05 Å². The number of amides is 1. The fourth-order valence-electron chi connectivity index (χ4n) is 1.20. The van der Waals surface area contributed by atoms with Gasteiger partial charge in [-0.05, 0) is 12.1 Å². The molecule has 0 bridgehead atoms. The van der Waals surface area contributed by atoms with Crippen LogP contribution in [0.4, 0.5) is 10.7 Å². The van der Waals surface area contributed by atoms with Gasteiger partial charge in [-0.2, -0.15) is 0 Å². The molecule has 0 aliphatic rings. The van der Waals surface area contributed by atoms with Crippen molar-refractivity contribution in [1.82, 2.24) is 9.55 Å². The minimum absolute atomic E-state index is 0.445. The Morgan fingerprint density at radius 3 is 2.75 bits per heavy atom. The molecule has 5 heteroatoms. The van der Waals surface area contributed by atoms with E-state index >= 15 is 0 Å². The second-order valence-corrected chi connectivity index (χ2v) is 3.19. The molecule has 0 aliphatic heterocycles. The van der Waals surface area contributed by atoms with Crippen LogP contribution in [0.2, 0.25) is 0 Å². The Morgan fingerprint density at radius 2 is 2.12 bits per heavy atom. The molecule has 0 atom stereocenters. The molecule has 0 fully saturated rings. The second-order valence-electron chi connectivity index (χ2n) is 3.19. The second kappa shape index (κ2) is 4.48. The first-order chi connectivity index (χ1) is 7.75. The summed E-state index contributed by atoms with van der Waals surface area (Å²) in [6, 6.07) is 8.85. The zero-order valence-corrected chi connectivity index (χ0v) is 8.75. The van der Waals surface area contributed by atoms with Gasteiger partial charge in [-0.1, -0.05) is 18.2 Å². The Kier molecular flexibility index (Phi) is 2.86. The SMILES string of the molecule is Cn1ccnc1NC(=O)Oc1ccccc1. The molecular formula is C11H11N3O2. The summed E-state index contributed by atoms with van der Waals surface area (Å²) in [5.41, 5.74) is 0. The summed E-state index contributed by atoms with van der Waals surface area (Å²) >= 11 is 0. The number of carbonyl (C=O) groups is 1. The van der Waals surface area contributed by atoms with Gasteiger partial charge in [0.2, 0.25) is 5.95 Å². The maximum absolute atomic E-state index is 11.4. The van der Waals surface area contributed by atoms with E-state index in [1.807, 2.05) is 6.07 Å². The third-order valence-electron chi connectivity index (χ3n) is 1.99. The molecule has 5 nitrogen and oxygen atoms in total. The predicted molar refractivity (Wildman–Crippen MR) is 59.3 cm³/mol. The van der Waals surface area contributed by atoms with Gasteiger partial charge in [0.15, 0.2) is 0 Å². The topological polar surface area (TPSA) is 56.2 Å². The van der Waals surface area contributed by atoms with Crippen LogP contribution >= 0.6 is 0 Å². The Labute approximate surface area is 92.7 Å². The third-order valence-corrected chi connectivity index (χ3v) is 1.99. The highest BCUT2D eigenvalue weighted by atomic mass is 16.6. The summed E-state index contributed by atoms with van der Waals surface area (Å²) in [7, 11) is 1.78. The van der Waals surface area contributed by atoms with Gasteiger partial charge in [-0.15, -0.1) is 0 Å². The van der Waals surface area contributed by atoms with Crippen molar-refractivity contribution < 1.29 is 9.53 Å². The highest BCUT2D eigenvalue weighted by Gasteiger charge is 2.07. The molecule has 0 aliphatic carbocycles. The van der Waals surface area contributed by atoms with Gasteiger partial charge in [0.05, 0.1) is 0 Å². The van der Waals surface area contributed by atoms with Crippen LogP contribution in [-0.4, -0.2) is 15.6 Å². The largest absolute Gasteiger partial charge is 0.419 e. The third kappa shape index (κ3) is 2.38. The van der Waals surface area contributed by atoms with Gasteiger partial charge >= 0.3 is 6.09 Å². The number of aryl methyl sites for hydroxylation is 1. The smallest absolute Gasteiger partial charge is 0.410 e. The van der Waals surface area contributed by atoms with Gasteiger partial charge in [0.25, 0.3) is 0 Å². The molecule has 1 aromatic heterocycles. The molecule has 82 valence electrons. The van der Waals surface area contributed by atoms with Gasteiger partial charge < -0.3 is 9.30 Å². The average molecular weight is 217 g/mol. The minimum atomic E-state index is -0.555. The highest BCUT2D eigenvalue weighted by Crippen LogP contribution is 2.09. The molecule has 2 aromatic rings. The fourth-order valence-corrected chi connectivity index (χ4v) is 1.20. The molecule has 1 N–H and O–H groups in total. The summed E-state index contributed by atoms with van der Waals surface area (Å²) in [6.07, 6.45) is 2.77. The number of benzene rings is 1. The lowest BCUT2D eigenvalue weighted by atomic mass is 10.3. The number of nitrogens with one attached hydrogen (secondary N) is 1. The molecule has 0 saturated carbocycles. The first-order valence-electron chi connectivity index (χ1n) is 4.77. The van der Waals surface area contributed by atoms with E-state index in [1.54, 1.807) is 48.3 Å². The maximum atomic E-state index is 11.4. The van der Waals surface area contributed by atoms with E-state index in [0.717, 1.165) is 0 Å². The lowest BCUT2D eigenvalue weighted by molar-refractivity contribution is 0.215. The van der Waals surface area contributed by atoms with Gasteiger partial charge in [-0.3, -0.25) is 5.32 Å². The monoisotopic (exact) mass is 217 g/mol. The van der Waals surface area contributed by atoms with E-state index in [1.165, 1.54) is 0 Å². The molecule has 0 saturated heterocycles. The van der Waals surface area contributed by atoms with Crippen molar-refractivity contribution in [2.24, 2.45) is 7.05 Å². The molecule has 0 spiro atoms. The molecule has 0 radical (unpaired) electrons. The van der Waals surface area contributed by atoms with Crippen molar-refractivity contribution in [3.05, 3.63) is 42.7 Å². The Bertz CT molecular complexity index is 479. The van der Waals surface area contributed by atoms with Gasteiger partial charge in [-0.25, -0.2) is 9.78 Å². The number of imidazole rings is 1. The fraction of sp³-hybridized carbons (Fsp3) is 0.0909. The quantitative estimate of drug-likeness (QED) is 0.837. The number of anilines is 1. The Hall–Kier alpha value is -2.30. The predicted octanol–water partition coefficient (Wildman–Crippen LogP) is 2.03. The van der Waals surface area contributed by atoms with Gasteiger partial charge in [0, 0.05) is 19.4 Å². The van der Waals surface area contributed by atoms with Crippen LogP contribution < -0.4 is 10.1 Å². The first kappa shape index (κ1) is 10.2. The number of ether oxygens (including phenoxy) is 1. The number of hydrogen-bond donors (Lipinski definition) is 1. The van der Waals surface area contributed by atoms with Crippen LogP contribution in [0, 0.1) is 0 Å². The number of nitrogens with zero attached hydrogens (tertiary/aromatic N) is 2. The van der Waals surface area contributed by atoms with Crippen molar-refractivity contribution in [2.75, 3.05) is 5.32 Å². The van der Waals surface area contributed by atoms with E-state index in [0.29, 0.717) is 11.7 Å². The molecule has 2 rings (SSSR count). The van der Waals surface area contributed by atoms with E-state index in [4.69, 9.17) is 4.74 Å². The van der Waals surface area contributed by atoms with Crippen molar-refractivity contribution >= 4 is 12.0 Å². The Morgan fingerprint density at radius 1 is 1.38 bits per heavy atom. The molecule has 1 aromatic carbocycles. The van der Waals surface area contributed by atoms with E-state index in [-0.39, 0.29) is 0 Å². The van der Waals surface area contributed by atoms with E-state index < -0.39 is 6.09 Å². The summed E-state index contributed by atoms with van der Waals surface area (Å²) in [5.74, 6) is 0.940. The summed E-state index contributed by atoms with van der Waals surface area (Å²) in [4.78, 5) is 15.4. The summed E-state index contributed by atoms with van der Waals surface area (Å²) in [6.45, 7) is 0. The van der Waals surface area contributed by atoms with Gasteiger partial charge in [0.1, 0.15) is 5.75 Å². The van der Waals surface area contributed by atoms with E-state index in [9.17, 15) is 4.79 Å². The molecule has 1 amide bonds. The number of aromatic nitrogens is 2. The standard InChI is InChI=1S/C11H11N3O2/c1-14-8-7-12-10(14)13-11(15)16-9-5-3-2-4-6-9/h2-8H,1H3,(H,12,13,15). The average Bonchev–Trinajstić information content (AvgIpc) is 2.66. The zero-order chi connectivity index (χ0) is 11.4. The van der Waals surface area contributed by atoms with Crippen molar-refractivity contribution in [2.45, 2.75) is 0 Å². The zero-order valence-electron chi connectivity index (χ0n) is 8.75. The van der Waals surface area contributed by atoms with Crippen molar-refractivity contribution in [1.29, 1.82) is 0 Å². The Balaban J connectivity index is 1.98. The molecule has 16 heavy (non-hydrogen) atoms. The molecule has 1 heterocycles.